The quantitative estimate of drug-likeness (QED) is 0.177. The third kappa shape index (κ3) is 6.51. The molecule has 1 fully saturated rings. The van der Waals surface area contributed by atoms with Crippen LogP contribution in [-0.2, 0) is 27.1 Å². The number of fused-ring (bicyclic) bond motifs is 5. The van der Waals surface area contributed by atoms with Gasteiger partial charge in [-0.25, -0.2) is 0 Å². The lowest BCUT2D eigenvalue weighted by atomic mass is 9.61. The number of rotatable bonds is 5. The van der Waals surface area contributed by atoms with E-state index < -0.39 is 0 Å². The molecule has 2 heterocycles. The number of nitrogens with zero attached hydrogens (tertiary/aromatic N) is 2. The van der Waals surface area contributed by atoms with E-state index in [9.17, 15) is 0 Å². The van der Waals surface area contributed by atoms with Crippen LogP contribution in [0.5, 0.6) is 0 Å². The van der Waals surface area contributed by atoms with Gasteiger partial charge in [-0.05, 0) is 149 Å². The van der Waals surface area contributed by atoms with Gasteiger partial charge in [-0.2, -0.15) is 0 Å². The summed E-state index contributed by atoms with van der Waals surface area (Å²) in [4.78, 5) is 5.21. The van der Waals surface area contributed by atoms with Crippen LogP contribution >= 0.6 is 0 Å². The minimum absolute atomic E-state index is 0.0129. The molecule has 4 aromatic carbocycles. The van der Waals surface area contributed by atoms with Crippen molar-refractivity contribution in [3.05, 3.63) is 136 Å². The number of benzene rings is 4. The van der Waals surface area contributed by atoms with E-state index in [4.69, 9.17) is 4.42 Å². The molecular weight excluding hydrogens is 729 g/mol. The highest BCUT2D eigenvalue weighted by Crippen LogP contribution is 2.62. The van der Waals surface area contributed by atoms with E-state index in [1.165, 1.54) is 93.5 Å². The average Bonchev–Trinajstić information content (AvgIpc) is 3.68. The molecule has 5 aromatic rings. The summed E-state index contributed by atoms with van der Waals surface area (Å²) >= 11 is 0. The lowest BCUT2D eigenvalue weighted by molar-refractivity contribution is 0.195. The summed E-state index contributed by atoms with van der Waals surface area (Å²) < 4.78 is 7.21. The number of aryl methyl sites for hydroxylation is 1. The Balaban J connectivity index is 1.29. The SMILES string of the molecule is Cc1cc(N(c2cc3cc4c(cc3o2)C(C)(C)CCC4(C)C)c2ccc(C(C)(C)C)cc2[C@@H]2C=CC=CC2)cc(N2c3ccc(C(C)(C)C)cc3C3(C)CCCCC23C)c1. The molecular formula is C57H70N2O. The Bertz CT molecular complexity index is 2510. The maximum atomic E-state index is 7.21. The predicted octanol–water partition coefficient (Wildman–Crippen LogP) is 16.5. The Kier molecular flexibility index (Phi) is 9.37. The topological polar surface area (TPSA) is 19.6 Å². The first kappa shape index (κ1) is 40.9. The fourth-order valence-corrected chi connectivity index (χ4v) is 11.5. The van der Waals surface area contributed by atoms with Crippen LogP contribution in [0.1, 0.15) is 173 Å². The van der Waals surface area contributed by atoms with Crippen molar-refractivity contribution in [3.63, 3.8) is 0 Å². The first-order valence-corrected chi connectivity index (χ1v) is 23.0. The third-order valence-corrected chi connectivity index (χ3v) is 15.7. The predicted molar refractivity (Wildman–Crippen MR) is 257 cm³/mol. The number of furan rings is 1. The molecule has 0 radical (unpaired) electrons. The van der Waals surface area contributed by atoms with E-state index in [2.05, 4.69) is 197 Å². The smallest absolute Gasteiger partial charge is 0.205 e. The van der Waals surface area contributed by atoms with Gasteiger partial charge in [0.15, 0.2) is 0 Å². The first-order chi connectivity index (χ1) is 28.1. The normalized spacial score (nSPS) is 24.4. The molecule has 3 atom stereocenters. The summed E-state index contributed by atoms with van der Waals surface area (Å²) in [6, 6.07) is 29.1. The summed E-state index contributed by atoms with van der Waals surface area (Å²) in [5.74, 6) is 1.12. The van der Waals surface area contributed by atoms with Crippen molar-refractivity contribution in [1.82, 2.24) is 0 Å². The van der Waals surface area contributed by atoms with Crippen LogP contribution in [0.2, 0.25) is 0 Å². The van der Waals surface area contributed by atoms with Gasteiger partial charge in [0.05, 0.1) is 16.9 Å². The van der Waals surface area contributed by atoms with Gasteiger partial charge in [0.1, 0.15) is 5.58 Å². The van der Waals surface area contributed by atoms with Gasteiger partial charge < -0.3 is 9.32 Å². The van der Waals surface area contributed by atoms with Crippen LogP contribution in [0.15, 0.2) is 102 Å². The average molecular weight is 799 g/mol. The van der Waals surface area contributed by atoms with Crippen molar-refractivity contribution in [1.29, 1.82) is 0 Å². The fraction of sp³-hybridized carbons (Fsp3) is 0.474. The number of allylic oxidation sites excluding steroid dienone is 4. The van der Waals surface area contributed by atoms with Crippen molar-refractivity contribution < 1.29 is 4.42 Å². The summed E-state index contributed by atoms with van der Waals surface area (Å²) in [7, 11) is 0. The molecule has 3 heteroatoms. The second-order valence-electron chi connectivity index (χ2n) is 23.0. The molecule has 1 aliphatic heterocycles. The van der Waals surface area contributed by atoms with Crippen LogP contribution in [-0.4, -0.2) is 5.54 Å². The summed E-state index contributed by atoms with van der Waals surface area (Å²) in [5, 5.41) is 1.18. The Labute approximate surface area is 362 Å². The maximum Gasteiger partial charge on any atom is 0.205 e. The van der Waals surface area contributed by atoms with E-state index in [1.807, 2.05) is 0 Å². The number of hydrogen-bond acceptors (Lipinski definition) is 3. The molecule has 2 unspecified atom stereocenters. The molecule has 1 aromatic heterocycles. The van der Waals surface area contributed by atoms with Gasteiger partial charge in [0, 0.05) is 34.2 Å². The molecule has 9 rings (SSSR count). The van der Waals surface area contributed by atoms with Crippen LogP contribution in [0, 0.1) is 6.92 Å². The van der Waals surface area contributed by atoms with Gasteiger partial charge in [0.25, 0.3) is 0 Å². The van der Waals surface area contributed by atoms with Crippen LogP contribution < -0.4 is 9.80 Å². The first-order valence-electron chi connectivity index (χ1n) is 23.0. The molecule has 0 bridgehead atoms. The van der Waals surface area contributed by atoms with Crippen molar-refractivity contribution in [2.75, 3.05) is 9.80 Å². The molecule has 1 saturated carbocycles. The molecule has 0 saturated heterocycles. The van der Waals surface area contributed by atoms with Gasteiger partial charge in [-0.15, -0.1) is 0 Å². The molecule has 60 heavy (non-hydrogen) atoms. The molecule has 3 aliphatic carbocycles. The van der Waals surface area contributed by atoms with Crippen LogP contribution in [0.25, 0.3) is 11.0 Å². The third-order valence-electron chi connectivity index (χ3n) is 15.7. The van der Waals surface area contributed by atoms with Crippen LogP contribution in [0.4, 0.5) is 28.6 Å². The van der Waals surface area contributed by atoms with E-state index in [-0.39, 0.29) is 38.5 Å². The Hall–Kier alpha value is -4.50. The standard InChI is InChI=1S/C57H70N2O/c1-37-29-42(35-43(30-37)59-49-24-22-41(53(5,6)7)34-47(49)56(12)25-17-18-26-57(56,59)13)58(48-23-21-40(52(2,3)4)33-44(48)38-19-15-14-16-20-38)51-32-39-31-45-46(36-50(39)60-51)55(10,11)28-27-54(45,8)9/h14-16,19,21-24,29-36,38H,17-18,20,25-28H2,1-13H3/t38-,56?,57?/m1/s1. The zero-order valence-corrected chi connectivity index (χ0v) is 39.1. The van der Waals surface area contributed by atoms with Crippen molar-refractivity contribution in [3.8, 4) is 0 Å². The lowest BCUT2D eigenvalue weighted by Gasteiger charge is -2.50. The zero-order chi connectivity index (χ0) is 42.8. The summed E-state index contributed by atoms with van der Waals surface area (Å²) in [6.45, 7) is 31.1. The van der Waals surface area contributed by atoms with Gasteiger partial charge >= 0.3 is 0 Å². The number of anilines is 5. The van der Waals surface area contributed by atoms with Gasteiger partial charge in [-0.1, -0.05) is 138 Å². The van der Waals surface area contributed by atoms with Crippen molar-refractivity contribution >= 4 is 39.6 Å². The minimum atomic E-state index is -0.0588. The molecule has 0 amide bonds. The van der Waals surface area contributed by atoms with Crippen molar-refractivity contribution in [2.24, 2.45) is 0 Å². The summed E-state index contributed by atoms with van der Waals surface area (Å²) in [6.07, 6.45) is 17.3. The molecule has 3 nitrogen and oxygen atoms in total. The van der Waals surface area contributed by atoms with Crippen LogP contribution in [0.3, 0.4) is 0 Å². The Morgan fingerprint density at radius 3 is 2.02 bits per heavy atom. The fourth-order valence-electron chi connectivity index (χ4n) is 11.5. The Morgan fingerprint density at radius 1 is 0.667 bits per heavy atom. The summed E-state index contributed by atoms with van der Waals surface area (Å²) in [5.41, 5.74) is 16.0. The highest BCUT2D eigenvalue weighted by Gasteiger charge is 2.58. The van der Waals surface area contributed by atoms with E-state index in [0.717, 1.165) is 30.0 Å². The Morgan fingerprint density at radius 2 is 1.33 bits per heavy atom. The highest BCUT2D eigenvalue weighted by molar-refractivity contribution is 5.89. The van der Waals surface area contributed by atoms with E-state index >= 15 is 0 Å². The second kappa shape index (κ2) is 13.8. The molecule has 0 spiro atoms. The van der Waals surface area contributed by atoms with Gasteiger partial charge in [0.2, 0.25) is 5.88 Å². The maximum absolute atomic E-state index is 7.21. The van der Waals surface area contributed by atoms with Crippen molar-refractivity contribution in [2.45, 2.75) is 173 Å². The molecule has 4 aliphatic rings. The number of hydrogen-bond donors (Lipinski definition) is 0. The molecule has 314 valence electrons. The van der Waals surface area contributed by atoms with E-state index in [1.54, 1.807) is 0 Å². The zero-order valence-electron chi connectivity index (χ0n) is 39.1. The largest absolute Gasteiger partial charge is 0.440 e. The molecule has 0 N–H and O–H groups in total. The lowest BCUT2D eigenvalue weighted by Crippen LogP contribution is -2.54. The van der Waals surface area contributed by atoms with Gasteiger partial charge in [-0.3, -0.25) is 4.90 Å². The second-order valence-corrected chi connectivity index (χ2v) is 23.0. The minimum Gasteiger partial charge on any atom is -0.440 e. The van der Waals surface area contributed by atoms with E-state index in [0.29, 0.717) is 0 Å². The monoisotopic (exact) mass is 799 g/mol. The highest BCUT2D eigenvalue weighted by atomic mass is 16.4.